The molecular weight excluding hydrogens is 328 g/mol. The molecule has 5 heteroatoms. The summed E-state index contributed by atoms with van der Waals surface area (Å²) in [4.78, 5) is 16.6. The highest BCUT2D eigenvalue weighted by molar-refractivity contribution is 5.94. The predicted molar refractivity (Wildman–Crippen MR) is 102 cm³/mol. The lowest BCUT2D eigenvalue weighted by Gasteiger charge is -2.35. The number of nitrogens with zero attached hydrogens (tertiary/aromatic N) is 2. The summed E-state index contributed by atoms with van der Waals surface area (Å²) < 4.78 is 5.72. The highest BCUT2D eigenvalue weighted by atomic mass is 16.5. The van der Waals surface area contributed by atoms with Crippen molar-refractivity contribution in [2.24, 2.45) is 5.92 Å². The first-order valence-electron chi connectivity index (χ1n) is 9.70. The Morgan fingerprint density at radius 2 is 1.92 bits per heavy atom. The third-order valence-corrected chi connectivity index (χ3v) is 5.19. The van der Waals surface area contributed by atoms with E-state index in [0.29, 0.717) is 32.2 Å². The number of hydrogen-bond donors (Lipinski definition) is 1. The molecule has 1 amide bonds. The van der Waals surface area contributed by atoms with E-state index >= 15 is 0 Å². The highest BCUT2D eigenvalue weighted by Gasteiger charge is 2.23. The molecule has 26 heavy (non-hydrogen) atoms. The van der Waals surface area contributed by atoms with Gasteiger partial charge in [-0.15, -0.1) is 0 Å². The van der Waals surface area contributed by atoms with E-state index in [0.717, 1.165) is 38.1 Å². The lowest BCUT2D eigenvalue weighted by atomic mass is 9.95. The molecule has 142 valence electrons. The number of benzene rings is 1. The quantitative estimate of drug-likeness (QED) is 0.759. The summed E-state index contributed by atoms with van der Waals surface area (Å²) in [7, 11) is 0. The van der Waals surface area contributed by atoms with Gasteiger partial charge < -0.3 is 14.7 Å². The molecule has 1 fully saturated rings. The second-order valence-corrected chi connectivity index (χ2v) is 7.30. The van der Waals surface area contributed by atoms with Gasteiger partial charge in [-0.1, -0.05) is 30.4 Å². The van der Waals surface area contributed by atoms with Gasteiger partial charge in [0.15, 0.2) is 0 Å². The molecule has 1 saturated heterocycles. The zero-order chi connectivity index (χ0) is 18.2. The van der Waals surface area contributed by atoms with Crippen molar-refractivity contribution < 1.29 is 14.6 Å². The summed E-state index contributed by atoms with van der Waals surface area (Å²) >= 11 is 0. The summed E-state index contributed by atoms with van der Waals surface area (Å²) in [5.41, 5.74) is 0.743. The molecule has 1 aliphatic carbocycles. The Kier molecular flexibility index (Phi) is 7.23. The Labute approximate surface area is 156 Å². The first-order chi connectivity index (χ1) is 12.7. The topological polar surface area (TPSA) is 53.0 Å². The van der Waals surface area contributed by atoms with Crippen LogP contribution in [0.4, 0.5) is 0 Å². The smallest absolute Gasteiger partial charge is 0.253 e. The summed E-state index contributed by atoms with van der Waals surface area (Å²) in [5, 5.41) is 10.2. The van der Waals surface area contributed by atoms with Crippen LogP contribution in [0.1, 0.15) is 29.6 Å². The van der Waals surface area contributed by atoms with Gasteiger partial charge in [-0.05, 0) is 37.3 Å². The van der Waals surface area contributed by atoms with E-state index in [1.54, 1.807) is 0 Å². The lowest BCUT2D eigenvalue weighted by molar-refractivity contribution is -0.00300. The number of β-amino-alcohol motifs (C(OH)–C–C–N with tert-alkyl or cyclic N) is 1. The van der Waals surface area contributed by atoms with Crippen LogP contribution in [0.5, 0.6) is 0 Å². The number of carbonyl (C=O) groups is 1. The van der Waals surface area contributed by atoms with E-state index in [2.05, 4.69) is 17.1 Å². The average molecular weight is 358 g/mol. The van der Waals surface area contributed by atoms with Crippen LogP contribution in [-0.4, -0.2) is 72.9 Å². The van der Waals surface area contributed by atoms with Crippen molar-refractivity contribution in [3.63, 3.8) is 0 Å². The number of carbonyl (C=O) groups excluding carboxylic acids is 1. The van der Waals surface area contributed by atoms with Crippen molar-refractivity contribution in [2.75, 3.05) is 45.9 Å². The fourth-order valence-electron chi connectivity index (χ4n) is 3.63. The number of piperazine rings is 1. The zero-order valence-corrected chi connectivity index (χ0v) is 15.4. The van der Waals surface area contributed by atoms with E-state index in [4.69, 9.17) is 4.74 Å². The van der Waals surface area contributed by atoms with Crippen LogP contribution in [0.15, 0.2) is 42.5 Å². The molecular formula is C21H30N2O3. The Balaban J connectivity index is 1.33. The second kappa shape index (κ2) is 9.86. The molecule has 2 aliphatic rings. The summed E-state index contributed by atoms with van der Waals surface area (Å²) in [6, 6.07) is 9.42. The van der Waals surface area contributed by atoms with Crippen LogP contribution in [0.3, 0.4) is 0 Å². The maximum Gasteiger partial charge on any atom is 0.253 e. The number of amides is 1. The second-order valence-electron chi connectivity index (χ2n) is 7.30. The molecule has 1 N–H and O–H groups in total. The Bertz CT molecular complexity index is 582. The van der Waals surface area contributed by atoms with Gasteiger partial charge in [-0.2, -0.15) is 0 Å². The monoisotopic (exact) mass is 358 g/mol. The van der Waals surface area contributed by atoms with Gasteiger partial charge in [0.25, 0.3) is 5.91 Å². The number of aliphatic hydroxyl groups excluding tert-OH is 1. The third-order valence-electron chi connectivity index (χ3n) is 5.19. The first-order valence-corrected chi connectivity index (χ1v) is 9.70. The number of rotatable bonds is 7. The maximum absolute atomic E-state index is 12.5. The molecule has 5 nitrogen and oxygen atoms in total. The van der Waals surface area contributed by atoms with Gasteiger partial charge in [0.1, 0.15) is 0 Å². The Morgan fingerprint density at radius 3 is 2.62 bits per heavy atom. The van der Waals surface area contributed by atoms with Crippen LogP contribution in [0.25, 0.3) is 0 Å². The molecule has 0 unspecified atom stereocenters. The minimum atomic E-state index is -0.467. The largest absolute Gasteiger partial charge is 0.389 e. The normalized spacial score (nSPS) is 22.3. The number of hydrogen-bond acceptors (Lipinski definition) is 4. The van der Waals surface area contributed by atoms with E-state index in [1.807, 2.05) is 35.2 Å². The molecule has 1 aliphatic heterocycles. The molecule has 0 aromatic heterocycles. The van der Waals surface area contributed by atoms with Crippen LogP contribution in [0, 0.1) is 5.92 Å². The van der Waals surface area contributed by atoms with Gasteiger partial charge in [-0.3, -0.25) is 9.69 Å². The van der Waals surface area contributed by atoms with Crippen LogP contribution in [-0.2, 0) is 4.74 Å². The van der Waals surface area contributed by atoms with Crippen molar-refractivity contribution in [2.45, 2.75) is 25.4 Å². The van der Waals surface area contributed by atoms with Gasteiger partial charge >= 0.3 is 0 Å². The Morgan fingerprint density at radius 1 is 1.15 bits per heavy atom. The van der Waals surface area contributed by atoms with Crippen molar-refractivity contribution in [3.05, 3.63) is 48.0 Å². The van der Waals surface area contributed by atoms with E-state index in [9.17, 15) is 9.90 Å². The zero-order valence-electron chi connectivity index (χ0n) is 15.4. The van der Waals surface area contributed by atoms with Crippen LogP contribution < -0.4 is 0 Å². The lowest BCUT2D eigenvalue weighted by Crippen LogP contribution is -2.50. The molecule has 0 bridgehead atoms. The molecule has 0 spiro atoms. The average Bonchev–Trinajstić information content (AvgIpc) is 2.69. The summed E-state index contributed by atoms with van der Waals surface area (Å²) in [5.74, 6) is 0.690. The van der Waals surface area contributed by atoms with Crippen molar-refractivity contribution in [1.29, 1.82) is 0 Å². The van der Waals surface area contributed by atoms with Gasteiger partial charge in [0.05, 0.1) is 12.7 Å². The molecule has 3 rings (SSSR count). The standard InChI is InChI=1S/C21H30N2O3/c24-20(17-26-16-18-7-3-1-4-8-18)15-22-11-13-23(14-12-22)21(25)19-9-5-2-6-10-19/h1-3,5-6,9-10,18,20,24H,4,7-8,11-17H2/t18-,20+/m0/s1. The third kappa shape index (κ3) is 5.66. The van der Waals surface area contributed by atoms with Crippen LogP contribution in [0.2, 0.25) is 0 Å². The predicted octanol–water partition coefficient (Wildman–Crippen LogP) is 2.18. The molecule has 1 aromatic carbocycles. The first kappa shape index (κ1) is 19.1. The van der Waals surface area contributed by atoms with E-state index in [1.165, 1.54) is 6.42 Å². The SMILES string of the molecule is O=C(c1ccccc1)N1CCN(C[C@@H](O)COC[C@H]2CC=CCC2)CC1. The van der Waals surface area contributed by atoms with E-state index < -0.39 is 6.10 Å². The molecule has 1 heterocycles. The van der Waals surface area contributed by atoms with Crippen molar-refractivity contribution >= 4 is 5.91 Å². The molecule has 0 saturated carbocycles. The highest BCUT2D eigenvalue weighted by Crippen LogP contribution is 2.18. The summed E-state index contributed by atoms with van der Waals surface area (Å²) in [6.07, 6.45) is 7.41. The van der Waals surface area contributed by atoms with Gasteiger partial charge in [-0.25, -0.2) is 0 Å². The van der Waals surface area contributed by atoms with Gasteiger partial charge in [0.2, 0.25) is 0 Å². The number of allylic oxidation sites excluding steroid dienone is 2. The van der Waals surface area contributed by atoms with Gasteiger partial charge in [0, 0.05) is 44.9 Å². The molecule has 1 aromatic rings. The fraction of sp³-hybridized carbons (Fsp3) is 0.571. The number of ether oxygens (including phenoxy) is 1. The van der Waals surface area contributed by atoms with Crippen LogP contribution >= 0.6 is 0 Å². The number of aliphatic hydroxyl groups is 1. The fourth-order valence-corrected chi connectivity index (χ4v) is 3.63. The Hall–Kier alpha value is -1.69. The minimum absolute atomic E-state index is 0.0932. The van der Waals surface area contributed by atoms with E-state index in [-0.39, 0.29) is 5.91 Å². The van der Waals surface area contributed by atoms with Crippen molar-refractivity contribution in [3.8, 4) is 0 Å². The molecule has 0 radical (unpaired) electrons. The van der Waals surface area contributed by atoms with Crippen molar-refractivity contribution in [1.82, 2.24) is 9.80 Å². The maximum atomic E-state index is 12.5. The summed E-state index contributed by atoms with van der Waals surface area (Å²) in [6.45, 7) is 4.74. The molecule has 2 atom stereocenters. The minimum Gasteiger partial charge on any atom is -0.389 e.